The number of nitrogens with zero attached hydrogens (tertiary/aromatic N) is 1. The summed E-state index contributed by atoms with van der Waals surface area (Å²) in [5.74, 6) is -5.32. The number of imidazole rings is 1. The van der Waals surface area contributed by atoms with Crippen molar-refractivity contribution in [1.29, 1.82) is 0 Å². The number of aromatic nitrogens is 2. The van der Waals surface area contributed by atoms with E-state index in [1.807, 2.05) is 13.8 Å². The Morgan fingerprint density at radius 3 is 2.06 bits per heavy atom. The zero-order valence-corrected chi connectivity index (χ0v) is 19.7. The standard InChI is InChI=1S/C21H34N6O7/c1-10(2)5-13(22)18(30)27-17(11(3)4)20(32)25-14(7-16(28)29)19(31)26-15(21(33)34)6-12-8-23-9-24-12/h8-11,13-15,17H,5-7,22H2,1-4H3,(H,23,24)(H,25,32)(H,26,31)(H,27,30)(H,28,29)(H,33,34). The molecule has 0 saturated heterocycles. The van der Waals surface area contributed by atoms with Gasteiger partial charge in [0.25, 0.3) is 0 Å². The van der Waals surface area contributed by atoms with Crippen molar-refractivity contribution in [2.24, 2.45) is 17.6 Å². The minimum Gasteiger partial charge on any atom is -0.481 e. The number of aromatic amines is 1. The molecule has 8 N–H and O–H groups in total. The summed E-state index contributed by atoms with van der Waals surface area (Å²) in [5.41, 5.74) is 6.31. The summed E-state index contributed by atoms with van der Waals surface area (Å²) in [6, 6.07) is -4.90. The quantitative estimate of drug-likeness (QED) is 0.173. The molecule has 0 aromatic carbocycles. The minimum absolute atomic E-state index is 0.132. The first-order valence-corrected chi connectivity index (χ1v) is 10.9. The van der Waals surface area contributed by atoms with Crippen molar-refractivity contribution in [3.05, 3.63) is 18.2 Å². The fraction of sp³-hybridized carbons (Fsp3) is 0.619. The highest BCUT2D eigenvalue weighted by atomic mass is 16.4. The summed E-state index contributed by atoms with van der Waals surface area (Å²) in [4.78, 5) is 67.4. The number of hydrogen-bond acceptors (Lipinski definition) is 7. The predicted octanol–water partition coefficient (Wildman–Crippen LogP) is -1.00. The van der Waals surface area contributed by atoms with Crippen molar-refractivity contribution in [3.8, 4) is 0 Å². The Bertz CT molecular complexity index is 856. The molecule has 4 atom stereocenters. The van der Waals surface area contributed by atoms with Crippen LogP contribution in [0.25, 0.3) is 0 Å². The van der Waals surface area contributed by atoms with E-state index in [1.165, 1.54) is 12.5 Å². The van der Waals surface area contributed by atoms with Crippen LogP contribution in [-0.4, -0.2) is 74.0 Å². The van der Waals surface area contributed by atoms with Crippen molar-refractivity contribution < 1.29 is 34.2 Å². The fourth-order valence-electron chi connectivity index (χ4n) is 3.14. The molecule has 4 unspecified atom stereocenters. The highest BCUT2D eigenvalue weighted by molar-refractivity contribution is 5.95. The Kier molecular flexibility index (Phi) is 11.2. The number of nitrogens with two attached hydrogens (primary N) is 1. The highest BCUT2D eigenvalue weighted by Crippen LogP contribution is 2.08. The smallest absolute Gasteiger partial charge is 0.326 e. The molecule has 0 radical (unpaired) electrons. The van der Waals surface area contributed by atoms with Crippen LogP contribution in [0.15, 0.2) is 12.5 Å². The molecule has 0 saturated carbocycles. The zero-order valence-electron chi connectivity index (χ0n) is 19.7. The molecule has 1 aromatic rings. The molecular formula is C21H34N6O7. The van der Waals surface area contributed by atoms with Crippen LogP contribution in [0.5, 0.6) is 0 Å². The number of amides is 3. The van der Waals surface area contributed by atoms with Crippen molar-refractivity contribution in [2.75, 3.05) is 0 Å². The van der Waals surface area contributed by atoms with Gasteiger partial charge < -0.3 is 36.9 Å². The number of H-pyrrole nitrogens is 1. The van der Waals surface area contributed by atoms with Crippen molar-refractivity contribution in [1.82, 2.24) is 25.9 Å². The van der Waals surface area contributed by atoms with Crippen LogP contribution in [0.1, 0.15) is 46.2 Å². The molecular weight excluding hydrogens is 448 g/mol. The molecule has 0 aliphatic heterocycles. The average Bonchev–Trinajstić information content (AvgIpc) is 3.22. The third-order valence-electron chi connectivity index (χ3n) is 4.91. The van der Waals surface area contributed by atoms with Gasteiger partial charge in [0.15, 0.2) is 0 Å². The maximum Gasteiger partial charge on any atom is 0.326 e. The van der Waals surface area contributed by atoms with Gasteiger partial charge in [0.05, 0.1) is 18.8 Å². The largest absolute Gasteiger partial charge is 0.481 e. The van der Waals surface area contributed by atoms with Crippen LogP contribution >= 0.6 is 0 Å². The van der Waals surface area contributed by atoms with Crippen LogP contribution in [-0.2, 0) is 30.4 Å². The Morgan fingerprint density at radius 2 is 1.59 bits per heavy atom. The van der Waals surface area contributed by atoms with Gasteiger partial charge in [0.2, 0.25) is 17.7 Å². The summed E-state index contributed by atoms with van der Waals surface area (Å²) in [6.07, 6.45) is 2.21. The van der Waals surface area contributed by atoms with E-state index in [0.717, 1.165) is 0 Å². The fourth-order valence-corrected chi connectivity index (χ4v) is 3.14. The topological polar surface area (TPSA) is 217 Å². The molecule has 3 amide bonds. The number of carbonyl (C=O) groups excluding carboxylic acids is 3. The Hall–Kier alpha value is -3.48. The van der Waals surface area contributed by atoms with E-state index < -0.39 is 66.2 Å². The number of aliphatic carboxylic acids is 2. The van der Waals surface area contributed by atoms with Gasteiger partial charge in [-0.05, 0) is 18.3 Å². The highest BCUT2D eigenvalue weighted by Gasteiger charge is 2.33. The Morgan fingerprint density at radius 1 is 0.971 bits per heavy atom. The lowest BCUT2D eigenvalue weighted by molar-refractivity contribution is -0.143. The van der Waals surface area contributed by atoms with Crippen LogP contribution in [0.3, 0.4) is 0 Å². The monoisotopic (exact) mass is 482 g/mol. The molecule has 1 aromatic heterocycles. The first kappa shape index (κ1) is 28.6. The van der Waals surface area contributed by atoms with E-state index >= 15 is 0 Å². The van der Waals surface area contributed by atoms with Gasteiger partial charge in [0.1, 0.15) is 18.1 Å². The van der Waals surface area contributed by atoms with Crippen molar-refractivity contribution >= 4 is 29.7 Å². The second kappa shape index (κ2) is 13.3. The van der Waals surface area contributed by atoms with E-state index in [-0.39, 0.29) is 12.3 Å². The van der Waals surface area contributed by atoms with Crippen LogP contribution in [0.4, 0.5) is 0 Å². The molecule has 1 heterocycles. The van der Waals surface area contributed by atoms with Gasteiger partial charge >= 0.3 is 11.9 Å². The second-order valence-electron chi connectivity index (χ2n) is 8.81. The van der Waals surface area contributed by atoms with E-state index in [2.05, 4.69) is 25.9 Å². The number of carbonyl (C=O) groups is 5. The lowest BCUT2D eigenvalue weighted by atomic mass is 10.00. The normalized spacial score (nSPS) is 14.7. The Balaban J connectivity index is 2.95. The Labute approximate surface area is 197 Å². The molecule has 13 nitrogen and oxygen atoms in total. The van der Waals surface area contributed by atoms with Gasteiger partial charge in [-0.1, -0.05) is 27.7 Å². The summed E-state index contributed by atoms with van der Waals surface area (Å²) in [6.45, 7) is 7.11. The molecule has 0 aliphatic carbocycles. The first-order valence-electron chi connectivity index (χ1n) is 10.9. The van der Waals surface area contributed by atoms with E-state index in [9.17, 15) is 34.2 Å². The molecule has 0 fully saturated rings. The number of hydrogen-bond donors (Lipinski definition) is 7. The van der Waals surface area contributed by atoms with Gasteiger partial charge in [0, 0.05) is 18.3 Å². The summed E-state index contributed by atoms with van der Waals surface area (Å²) >= 11 is 0. The van der Waals surface area contributed by atoms with Gasteiger partial charge in [-0.3, -0.25) is 19.2 Å². The van der Waals surface area contributed by atoms with Crippen LogP contribution < -0.4 is 21.7 Å². The molecule has 190 valence electrons. The molecule has 0 spiro atoms. The average molecular weight is 483 g/mol. The predicted molar refractivity (Wildman–Crippen MR) is 120 cm³/mol. The molecule has 0 bridgehead atoms. The van der Waals surface area contributed by atoms with E-state index in [4.69, 9.17) is 5.73 Å². The van der Waals surface area contributed by atoms with E-state index in [0.29, 0.717) is 12.1 Å². The zero-order chi connectivity index (χ0) is 26.0. The maximum absolute atomic E-state index is 12.9. The molecule has 1 rings (SSSR count). The van der Waals surface area contributed by atoms with Gasteiger partial charge in [-0.2, -0.15) is 0 Å². The minimum atomic E-state index is -1.57. The number of nitrogens with one attached hydrogen (secondary N) is 4. The molecule has 34 heavy (non-hydrogen) atoms. The summed E-state index contributed by atoms with van der Waals surface area (Å²) in [7, 11) is 0. The van der Waals surface area contributed by atoms with Crippen molar-refractivity contribution in [2.45, 2.75) is 71.1 Å². The SMILES string of the molecule is CC(C)CC(N)C(=O)NC(C(=O)NC(CC(=O)O)C(=O)NC(Cc1cnc[nH]1)C(=O)O)C(C)C. The molecule has 0 aliphatic rings. The third kappa shape index (κ3) is 9.57. The lowest BCUT2D eigenvalue weighted by Gasteiger charge is -2.26. The van der Waals surface area contributed by atoms with Gasteiger partial charge in [-0.25, -0.2) is 9.78 Å². The van der Waals surface area contributed by atoms with Crippen molar-refractivity contribution in [3.63, 3.8) is 0 Å². The first-order chi connectivity index (χ1) is 15.8. The second-order valence-corrected chi connectivity index (χ2v) is 8.81. The summed E-state index contributed by atoms with van der Waals surface area (Å²) < 4.78 is 0. The number of carboxylic acid groups (broad SMARTS) is 2. The van der Waals surface area contributed by atoms with Gasteiger partial charge in [-0.15, -0.1) is 0 Å². The summed E-state index contributed by atoms with van der Waals surface area (Å²) in [5, 5.41) is 25.7. The maximum atomic E-state index is 12.9. The van der Waals surface area contributed by atoms with Crippen LogP contribution in [0, 0.1) is 11.8 Å². The van der Waals surface area contributed by atoms with E-state index in [1.54, 1.807) is 13.8 Å². The van der Waals surface area contributed by atoms with Crippen LogP contribution in [0.2, 0.25) is 0 Å². The lowest BCUT2D eigenvalue weighted by Crippen LogP contribution is -2.59. The number of rotatable bonds is 14. The third-order valence-corrected chi connectivity index (χ3v) is 4.91. The molecule has 13 heteroatoms. The number of carboxylic acids is 2.